The molecule has 1 aromatic rings. The van der Waals surface area contributed by atoms with Gasteiger partial charge in [-0.05, 0) is 17.7 Å². The van der Waals surface area contributed by atoms with Gasteiger partial charge in [0.05, 0.1) is 0 Å². The number of nitrogens with one attached hydrogen (secondary N) is 2. The minimum Gasteiger partial charge on any atom is -0.477 e. The number of carboxylic acids is 1. The molecule has 1 saturated heterocycles. The maximum absolute atomic E-state index is 13.0. The molecule has 5 heterocycles. The van der Waals surface area contributed by atoms with Crippen LogP contribution >= 0.6 is 23.1 Å². The molecule has 0 saturated carbocycles. The number of allylic oxidation sites excluding steroid dienone is 2. The first-order valence-corrected chi connectivity index (χ1v) is 12.2. The molecule has 0 bridgehead atoms. The number of carboxylic acid groups (broad SMARTS) is 1. The van der Waals surface area contributed by atoms with Crippen LogP contribution in [0.5, 0.6) is 0 Å². The van der Waals surface area contributed by atoms with Crippen LogP contribution in [0.4, 0.5) is 5.13 Å². The Bertz CT molecular complexity index is 1250. The van der Waals surface area contributed by atoms with E-state index in [-0.39, 0.29) is 22.2 Å². The first kappa shape index (κ1) is 22.8. The Morgan fingerprint density at radius 2 is 2.26 bits per heavy atom. The minimum absolute atomic E-state index is 0.0610. The van der Waals surface area contributed by atoms with E-state index >= 15 is 0 Å². The first-order chi connectivity index (χ1) is 16.9. The topological polar surface area (TPSA) is 166 Å². The molecule has 2 amide bonds. The third-order valence-electron chi connectivity index (χ3n) is 5.55. The van der Waals surface area contributed by atoms with E-state index in [0.29, 0.717) is 17.9 Å². The van der Waals surface area contributed by atoms with Crippen molar-refractivity contribution in [3.63, 3.8) is 0 Å². The lowest BCUT2D eigenvalue weighted by Crippen LogP contribution is -2.71. The van der Waals surface area contributed by atoms with Gasteiger partial charge in [0.2, 0.25) is 0 Å². The van der Waals surface area contributed by atoms with Crippen molar-refractivity contribution < 1.29 is 24.3 Å². The monoisotopic (exact) mass is 516 g/mol. The fraction of sp³-hybridized carbons (Fsp3) is 0.250. The van der Waals surface area contributed by atoms with E-state index in [4.69, 9.17) is 10.6 Å². The quantitative estimate of drug-likeness (QED) is 0.215. The zero-order chi connectivity index (χ0) is 24.7. The van der Waals surface area contributed by atoms with E-state index in [2.05, 4.69) is 20.9 Å². The van der Waals surface area contributed by atoms with Crippen LogP contribution in [0.1, 0.15) is 5.69 Å². The predicted octanol–water partition coefficient (Wildman–Crippen LogP) is -0.223. The van der Waals surface area contributed by atoms with Crippen molar-refractivity contribution >= 4 is 51.7 Å². The molecule has 182 valence electrons. The van der Waals surface area contributed by atoms with E-state index in [9.17, 15) is 19.5 Å². The second-order valence-corrected chi connectivity index (χ2v) is 9.62. The molecular formula is C20H20N8O5S2. The number of aromatic nitrogens is 1. The van der Waals surface area contributed by atoms with E-state index in [0.717, 1.165) is 17.2 Å². The third-order valence-corrected chi connectivity index (χ3v) is 7.57. The van der Waals surface area contributed by atoms with Crippen molar-refractivity contribution in [2.45, 2.75) is 11.4 Å². The summed E-state index contributed by atoms with van der Waals surface area (Å²) >= 11 is 2.52. The van der Waals surface area contributed by atoms with Gasteiger partial charge in [0.25, 0.3) is 11.8 Å². The predicted molar refractivity (Wildman–Crippen MR) is 128 cm³/mol. The maximum atomic E-state index is 13.0. The molecule has 0 aliphatic carbocycles. The molecular weight excluding hydrogens is 496 g/mol. The summed E-state index contributed by atoms with van der Waals surface area (Å²) in [4.78, 5) is 50.0. The average molecular weight is 517 g/mol. The summed E-state index contributed by atoms with van der Waals surface area (Å²) in [5, 5.41) is 19.3. The van der Waals surface area contributed by atoms with Gasteiger partial charge in [0, 0.05) is 36.3 Å². The van der Waals surface area contributed by atoms with Crippen molar-refractivity contribution in [3.05, 3.63) is 58.9 Å². The highest BCUT2D eigenvalue weighted by molar-refractivity contribution is 8.00. The normalized spacial score (nSPS) is 22.9. The molecule has 5 rings (SSSR count). The summed E-state index contributed by atoms with van der Waals surface area (Å²) in [7, 11) is 1.28. The van der Waals surface area contributed by atoms with Gasteiger partial charge in [0.15, 0.2) is 10.8 Å². The summed E-state index contributed by atoms with van der Waals surface area (Å²) in [5.74, 6) is -1.16. The zero-order valence-electron chi connectivity index (χ0n) is 18.2. The van der Waals surface area contributed by atoms with E-state index in [1.165, 1.54) is 23.8 Å². The molecule has 0 unspecified atom stereocenters. The molecule has 5 N–H and O–H groups in total. The lowest BCUT2D eigenvalue weighted by atomic mass is 10.0. The van der Waals surface area contributed by atoms with Crippen molar-refractivity contribution in [3.8, 4) is 0 Å². The Morgan fingerprint density at radius 3 is 2.97 bits per heavy atom. The number of β-lactam (4-membered cyclic amide) rings is 1. The molecule has 0 aromatic carbocycles. The number of rotatable bonds is 7. The van der Waals surface area contributed by atoms with Crippen LogP contribution in [-0.2, 0) is 19.2 Å². The summed E-state index contributed by atoms with van der Waals surface area (Å²) in [6.07, 6.45) is 9.17. The first-order valence-electron chi connectivity index (χ1n) is 10.3. The van der Waals surface area contributed by atoms with Crippen LogP contribution in [0.3, 0.4) is 0 Å². The number of nitrogens with two attached hydrogens (primary N) is 1. The number of aliphatic carboxylic acids is 1. The number of thiazole rings is 1. The average Bonchev–Trinajstić information content (AvgIpc) is 3.46. The number of anilines is 1. The summed E-state index contributed by atoms with van der Waals surface area (Å²) in [6, 6.07) is -0.918. The smallest absolute Gasteiger partial charge is 0.352 e. The lowest BCUT2D eigenvalue weighted by molar-refractivity contribution is -0.150. The van der Waals surface area contributed by atoms with Crippen molar-refractivity contribution in [1.29, 1.82) is 0 Å². The number of carbonyl (C=O) groups excluding carboxylic acids is 2. The van der Waals surface area contributed by atoms with E-state index < -0.39 is 29.2 Å². The number of hydrogen-bond acceptors (Lipinski definition) is 12. The minimum atomic E-state index is -1.20. The van der Waals surface area contributed by atoms with Gasteiger partial charge in [0.1, 0.15) is 35.7 Å². The van der Waals surface area contributed by atoms with Crippen LogP contribution in [0.25, 0.3) is 0 Å². The zero-order valence-corrected chi connectivity index (χ0v) is 19.9. The molecule has 2 atom stereocenters. The molecule has 1 aromatic heterocycles. The summed E-state index contributed by atoms with van der Waals surface area (Å²) in [6.45, 7) is 0.298. The number of thioether (sulfide) groups is 1. The second-order valence-electron chi connectivity index (χ2n) is 7.62. The highest BCUT2D eigenvalue weighted by atomic mass is 32.2. The van der Waals surface area contributed by atoms with Crippen LogP contribution in [0.2, 0.25) is 0 Å². The molecule has 15 heteroatoms. The Kier molecular flexibility index (Phi) is 5.86. The number of amides is 2. The third kappa shape index (κ3) is 3.97. The Labute approximate surface area is 207 Å². The lowest BCUT2D eigenvalue weighted by Gasteiger charge is -2.49. The van der Waals surface area contributed by atoms with Gasteiger partial charge < -0.3 is 31.3 Å². The van der Waals surface area contributed by atoms with Crippen LogP contribution < -0.4 is 16.5 Å². The highest BCUT2D eigenvalue weighted by Gasteiger charge is 2.54. The van der Waals surface area contributed by atoms with Crippen molar-refractivity contribution in [2.75, 3.05) is 25.1 Å². The van der Waals surface area contributed by atoms with Crippen LogP contribution in [0, 0.1) is 0 Å². The molecule has 1 fully saturated rings. The van der Waals surface area contributed by atoms with Gasteiger partial charge in [-0.1, -0.05) is 5.16 Å². The van der Waals surface area contributed by atoms with Gasteiger partial charge in [-0.25, -0.2) is 14.8 Å². The SMILES string of the molecule is CO/N=C(\C(=O)N[C@@H]1C(=O)N2C(C(=O)O)=C(CN3C=CN4NC=CC=C34)CS[C@@H]12)c1csc(N)n1. The van der Waals surface area contributed by atoms with E-state index in [1.807, 2.05) is 29.5 Å². The van der Waals surface area contributed by atoms with Gasteiger partial charge in [-0.3, -0.25) is 14.5 Å². The fourth-order valence-electron chi connectivity index (χ4n) is 4.03. The van der Waals surface area contributed by atoms with Gasteiger partial charge >= 0.3 is 5.97 Å². The summed E-state index contributed by atoms with van der Waals surface area (Å²) in [5.41, 5.74) is 9.33. The summed E-state index contributed by atoms with van der Waals surface area (Å²) < 4.78 is 0. The van der Waals surface area contributed by atoms with Crippen LogP contribution in [0.15, 0.2) is 58.4 Å². The molecule has 4 aliphatic heterocycles. The highest BCUT2D eigenvalue weighted by Crippen LogP contribution is 2.41. The number of nitrogen functional groups attached to an aromatic ring is 1. The number of hydrogen-bond donors (Lipinski definition) is 4. The van der Waals surface area contributed by atoms with Crippen molar-refractivity contribution in [1.82, 2.24) is 30.5 Å². The number of nitrogens with zero attached hydrogens (tertiary/aromatic N) is 5. The van der Waals surface area contributed by atoms with Crippen molar-refractivity contribution in [2.24, 2.45) is 5.16 Å². The number of hydrazine groups is 1. The Hall–Kier alpha value is -3.98. The Balaban J connectivity index is 1.33. The number of fused-ring (bicyclic) bond motifs is 2. The maximum Gasteiger partial charge on any atom is 0.352 e. The molecule has 35 heavy (non-hydrogen) atoms. The molecule has 13 nitrogen and oxygen atoms in total. The number of oxime groups is 1. The molecule has 0 spiro atoms. The second kappa shape index (κ2) is 8.99. The standard InChI is InChI=1S/C20H20N8O5S2/c1-33-25-13(11-9-35-20(21)23-11)16(29)24-14-17(30)28-15(19(31)32)10(8-34-18(14)28)7-26-5-6-27-12(26)3-2-4-22-27/h2-6,9,14,18,22H,7-8H2,1H3,(H2,21,23)(H,24,29)(H,31,32)/b25-13-/t14-,18+/m1/s1. The van der Waals surface area contributed by atoms with Gasteiger partial charge in [-0.15, -0.1) is 23.1 Å². The molecule has 4 aliphatic rings. The number of carbonyl (C=O) groups is 3. The Morgan fingerprint density at radius 1 is 1.43 bits per heavy atom. The van der Waals surface area contributed by atoms with Crippen LogP contribution in [-0.4, -0.2) is 79.2 Å². The molecule has 0 radical (unpaired) electrons. The largest absolute Gasteiger partial charge is 0.477 e. The van der Waals surface area contributed by atoms with Gasteiger partial charge in [-0.2, -0.15) is 0 Å². The van der Waals surface area contributed by atoms with E-state index in [1.54, 1.807) is 16.6 Å². The fourth-order valence-corrected chi connectivity index (χ4v) is 5.91.